The van der Waals surface area contributed by atoms with E-state index in [9.17, 15) is 0 Å². The second-order valence-corrected chi connectivity index (χ2v) is 5.02. The number of hydrogen-bond donors (Lipinski definition) is 1. The van der Waals surface area contributed by atoms with E-state index < -0.39 is 0 Å². The second-order valence-electron chi connectivity index (χ2n) is 5.02. The Bertz CT molecular complexity index is 503. The maximum absolute atomic E-state index is 5.45. The second kappa shape index (κ2) is 5.45. The molecule has 0 bridgehead atoms. The molecule has 4 nitrogen and oxygen atoms in total. The standard InChI is InChI=1S/C15H19N3O/c1-16-15-7-4-12(9-17-15)10-18(13-5-6-13)11-14-3-2-8-19-14/h2-4,7-9,13H,5-6,10-11H2,1H3,(H,16,17). The zero-order valence-corrected chi connectivity index (χ0v) is 11.2. The lowest BCUT2D eigenvalue weighted by molar-refractivity contribution is 0.225. The molecule has 0 aliphatic heterocycles. The Morgan fingerprint density at radius 3 is 2.79 bits per heavy atom. The van der Waals surface area contributed by atoms with Crippen molar-refractivity contribution < 1.29 is 4.42 Å². The summed E-state index contributed by atoms with van der Waals surface area (Å²) in [4.78, 5) is 6.83. The molecular formula is C15H19N3O. The third-order valence-electron chi connectivity index (χ3n) is 3.47. The zero-order chi connectivity index (χ0) is 13.1. The van der Waals surface area contributed by atoms with Crippen molar-refractivity contribution in [2.75, 3.05) is 12.4 Å². The predicted octanol–water partition coefficient (Wildman–Crippen LogP) is 2.88. The highest BCUT2D eigenvalue weighted by atomic mass is 16.3. The summed E-state index contributed by atoms with van der Waals surface area (Å²) >= 11 is 0. The van der Waals surface area contributed by atoms with Crippen LogP contribution in [0.25, 0.3) is 0 Å². The van der Waals surface area contributed by atoms with Gasteiger partial charge in [-0.05, 0) is 36.6 Å². The van der Waals surface area contributed by atoms with Gasteiger partial charge in [0.25, 0.3) is 0 Å². The average Bonchev–Trinajstić information content (AvgIpc) is 3.17. The van der Waals surface area contributed by atoms with Crippen molar-refractivity contribution in [1.82, 2.24) is 9.88 Å². The Balaban J connectivity index is 1.66. The van der Waals surface area contributed by atoms with E-state index in [-0.39, 0.29) is 0 Å². The van der Waals surface area contributed by atoms with Gasteiger partial charge in [0.1, 0.15) is 11.6 Å². The highest BCUT2D eigenvalue weighted by molar-refractivity contribution is 5.34. The van der Waals surface area contributed by atoms with Crippen LogP contribution in [0.4, 0.5) is 5.82 Å². The van der Waals surface area contributed by atoms with Crippen LogP contribution in [-0.4, -0.2) is 23.0 Å². The topological polar surface area (TPSA) is 41.3 Å². The van der Waals surface area contributed by atoms with E-state index in [1.54, 1.807) is 6.26 Å². The Kier molecular flexibility index (Phi) is 3.51. The lowest BCUT2D eigenvalue weighted by atomic mass is 10.2. The van der Waals surface area contributed by atoms with Crippen LogP contribution in [-0.2, 0) is 13.1 Å². The maximum Gasteiger partial charge on any atom is 0.125 e. The number of anilines is 1. The van der Waals surface area contributed by atoms with E-state index in [1.165, 1.54) is 18.4 Å². The third kappa shape index (κ3) is 3.15. The quantitative estimate of drug-likeness (QED) is 0.864. The van der Waals surface area contributed by atoms with Crippen molar-refractivity contribution in [1.29, 1.82) is 0 Å². The van der Waals surface area contributed by atoms with Gasteiger partial charge in [0.15, 0.2) is 0 Å². The molecule has 3 rings (SSSR count). The highest BCUT2D eigenvalue weighted by Crippen LogP contribution is 2.29. The summed E-state index contributed by atoms with van der Waals surface area (Å²) in [7, 11) is 1.88. The first-order valence-electron chi connectivity index (χ1n) is 6.74. The molecule has 19 heavy (non-hydrogen) atoms. The molecule has 1 aliphatic rings. The van der Waals surface area contributed by atoms with Crippen LogP contribution in [0, 0.1) is 0 Å². The Labute approximate surface area is 113 Å². The molecule has 0 unspecified atom stereocenters. The molecule has 2 aromatic rings. The molecule has 0 atom stereocenters. The smallest absolute Gasteiger partial charge is 0.125 e. The first-order valence-corrected chi connectivity index (χ1v) is 6.74. The monoisotopic (exact) mass is 257 g/mol. The van der Waals surface area contributed by atoms with Crippen molar-refractivity contribution in [3.05, 3.63) is 48.0 Å². The van der Waals surface area contributed by atoms with Crippen molar-refractivity contribution >= 4 is 5.82 Å². The van der Waals surface area contributed by atoms with Crippen molar-refractivity contribution in [3.63, 3.8) is 0 Å². The molecule has 2 heterocycles. The van der Waals surface area contributed by atoms with Gasteiger partial charge in [-0.25, -0.2) is 4.98 Å². The van der Waals surface area contributed by atoms with Crippen LogP contribution >= 0.6 is 0 Å². The summed E-state index contributed by atoms with van der Waals surface area (Å²) in [5, 5.41) is 3.04. The molecule has 1 fully saturated rings. The van der Waals surface area contributed by atoms with Gasteiger partial charge < -0.3 is 9.73 Å². The Morgan fingerprint density at radius 1 is 1.32 bits per heavy atom. The van der Waals surface area contributed by atoms with Crippen LogP contribution in [0.2, 0.25) is 0 Å². The van der Waals surface area contributed by atoms with Gasteiger partial charge in [-0.1, -0.05) is 6.07 Å². The van der Waals surface area contributed by atoms with Crippen LogP contribution in [0.1, 0.15) is 24.2 Å². The van der Waals surface area contributed by atoms with Gasteiger partial charge in [0, 0.05) is 25.8 Å². The largest absolute Gasteiger partial charge is 0.468 e. The van der Waals surface area contributed by atoms with Crippen LogP contribution in [0.3, 0.4) is 0 Å². The van der Waals surface area contributed by atoms with Crippen molar-refractivity contribution in [2.45, 2.75) is 32.0 Å². The fourth-order valence-corrected chi connectivity index (χ4v) is 2.26. The molecule has 0 aromatic carbocycles. The summed E-state index contributed by atoms with van der Waals surface area (Å²) in [5.41, 5.74) is 1.25. The van der Waals surface area contributed by atoms with Gasteiger partial charge in [-0.3, -0.25) is 4.90 Å². The average molecular weight is 257 g/mol. The minimum atomic E-state index is 0.703. The van der Waals surface area contributed by atoms with E-state index in [4.69, 9.17) is 4.42 Å². The van der Waals surface area contributed by atoms with Gasteiger partial charge in [-0.15, -0.1) is 0 Å². The summed E-state index contributed by atoms with van der Waals surface area (Å²) in [6.07, 6.45) is 6.28. The molecular weight excluding hydrogens is 238 g/mol. The van der Waals surface area contributed by atoms with Crippen molar-refractivity contribution in [2.24, 2.45) is 0 Å². The fourth-order valence-electron chi connectivity index (χ4n) is 2.26. The summed E-state index contributed by atoms with van der Waals surface area (Å²) < 4.78 is 5.45. The number of nitrogens with one attached hydrogen (secondary N) is 1. The minimum Gasteiger partial charge on any atom is -0.468 e. The Hall–Kier alpha value is -1.81. The molecule has 2 aromatic heterocycles. The first-order chi connectivity index (χ1) is 9.35. The molecule has 0 saturated heterocycles. The first kappa shape index (κ1) is 12.2. The summed E-state index contributed by atoms with van der Waals surface area (Å²) in [5.74, 6) is 1.94. The SMILES string of the molecule is CNc1ccc(CN(Cc2ccco2)C2CC2)cn1. The van der Waals surface area contributed by atoms with Gasteiger partial charge >= 0.3 is 0 Å². The lowest BCUT2D eigenvalue weighted by Crippen LogP contribution is -2.24. The lowest BCUT2D eigenvalue weighted by Gasteiger charge is -2.20. The zero-order valence-electron chi connectivity index (χ0n) is 11.2. The minimum absolute atomic E-state index is 0.703. The van der Waals surface area contributed by atoms with E-state index in [2.05, 4.69) is 21.3 Å². The number of furan rings is 1. The van der Waals surface area contributed by atoms with Crippen LogP contribution < -0.4 is 5.32 Å². The predicted molar refractivity (Wildman–Crippen MR) is 74.8 cm³/mol. The number of pyridine rings is 1. The molecule has 4 heteroatoms. The molecule has 1 saturated carbocycles. The van der Waals surface area contributed by atoms with Gasteiger partial charge in [0.05, 0.1) is 12.8 Å². The normalized spacial score (nSPS) is 14.8. The maximum atomic E-state index is 5.45. The number of hydrogen-bond acceptors (Lipinski definition) is 4. The van der Waals surface area contributed by atoms with Gasteiger partial charge in [0.2, 0.25) is 0 Å². The molecule has 100 valence electrons. The third-order valence-corrected chi connectivity index (χ3v) is 3.47. The fraction of sp³-hybridized carbons (Fsp3) is 0.400. The van der Waals surface area contributed by atoms with Crippen LogP contribution in [0.15, 0.2) is 41.1 Å². The molecule has 0 radical (unpaired) electrons. The number of aromatic nitrogens is 1. The number of rotatable bonds is 6. The Morgan fingerprint density at radius 2 is 2.21 bits per heavy atom. The van der Waals surface area contributed by atoms with E-state index in [0.717, 1.165) is 24.7 Å². The van der Waals surface area contributed by atoms with E-state index in [1.807, 2.05) is 31.4 Å². The number of nitrogens with zero attached hydrogens (tertiary/aromatic N) is 2. The molecule has 1 N–H and O–H groups in total. The summed E-state index contributed by atoms with van der Waals surface area (Å²) in [6, 6.07) is 8.85. The van der Waals surface area contributed by atoms with Crippen molar-refractivity contribution in [3.8, 4) is 0 Å². The van der Waals surface area contributed by atoms with Crippen LogP contribution in [0.5, 0.6) is 0 Å². The molecule has 1 aliphatic carbocycles. The van der Waals surface area contributed by atoms with E-state index >= 15 is 0 Å². The molecule has 0 spiro atoms. The molecule has 0 amide bonds. The summed E-state index contributed by atoms with van der Waals surface area (Å²) in [6.45, 7) is 1.81. The van der Waals surface area contributed by atoms with Gasteiger partial charge in [-0.2, -0.15) is 0 Å². The van der Waals surface area contributed by atoms with E-state index in [0.29, 0.717) is 6.04 Å². The highest BCUT2D eigenvalue weighted by Gasteiger charge is 2.29.